The van der Waals surface area contributed by atoms with Crippen LogP contribution in [0.25, 0.3) is 0 Å². The Morgan fingerprint density at radius 3 is 2.43 bits per heavy atom. The second-order valence-corrected chi connectivity index (χ2v) is 4.41. The molecule has 0 saturated carbocycles. The minimum atomic E-state index is 0.772. The van der Waals surface area contributed by atoms with Crippen LogP contribution in [0, 0.1) is 19.8 Å². The molecule has 0 fully saturated rings. The lowest BCUT2D eigenvalue weighted by atomic mass is 10.1. The van der Waals surface area contributed by atoms with Crippen molar-refractivity contribution >= 4 is 5.69 Å². The molecule has 14 heavy (non-hydrogen) atoms. The Kier molecular flexibility index (Phi) is 3.99. The van der Waals surface area contributed by atoms with Crippen molar-refractivity contribution in [3.8, 4) is 0 Å². The third kappa shape index (κ3) is 3.41. The van der Waals surface area contributed by atoms with E-state index < -0.39 is 0 Å². The zero-order valence-corrected chi connectivity index (χ0v) is 9.72. The lowest BCUT2D eigenvalue weighted by molar-refractivity contribution is 0.607. The monoisotopic (exact) mass is 191 g/mol. The van der Waals surface area contributed by atoms with Crippen molar-refractivity contribution in [2.45, 2.75) is 34.1 Å². The highest BCUT2D eigenvalue weighted by Gasteiger charge is 1.96. The van der Waals surface area contributed by atoms with Crippen LogP contribution in [-0.4, -0.2) is 6.54 Å². The zero-order chi connectivity index (χ0) is 10.6. The van der Waals surface area contributed by atoms with Crippen molar-refractivity contribution in [2.75, 3.05) is 11.9 Å². The SMILES string of the molecule is Cc1ccc(NCCC(C)C)cc1C. The summed E-state index contributed by atoms with van der Waals surface area (Å²) in [6, 6.07) is 6.55. The number of hydrogen-bond acceptors (Lipinski definition) is 1. The van der Waals surface area contributed by atoms with Crippen LogP contribution in [0.15, 0.2) is 18.2 Å². The molecule has 0 atom stereocenters. The van der Waals surface area contributed by atoms with E-state index in [-0.39, 0.29) is 0 Å². The van der Waals surface area contributed by atoms with Gasteiger partial charge in [0.1, 0.15) is 0 Å². The van der Waals surface area contributed by atoms with Crippen molar-refractivity contribution in [2.24, 2.45) is 5.92 Å². The van der Waals surface area contributed by atoms with Crippen LogP contribution in [0.3, 0.4) is 0 Å². The predicted molar refractivity (Wildman–Crippen MR) is 63.9 cm³/mol. The minimum Gasteiger partial charge on any atom is -0.385 e. The van der Waals surface area contributed by atoms with Gasteiger partial charge in [0, 0.05) is 12.2 Å². The van der Waals surface area contributed by atoms with Crippen molar-refractivity contribution in [3.05, 3.63) is 29.3 Å². The summed E-state index contributed by atoms with van der Waals surface area (Å²) in [5.41, 5.74) is 3.97. The number of anilines is 1. The van der Waals surface area contributed by atoms with Gasteiger partial charge < -0.3 is 5.32 Å². The number of hydrogen-bond donors (Lipinski definition) is 1. The molecule has 0 bridgehead atoms. The van der Waals surface area contributed by atoms with Gasteiger partial charge in [0.15, 0.2) is 0 Å². The topological polar surface area (TPSA) is 12.0 Å². The third-order valence-electron chi connectivity index (χ3n) is 2.56. The highest BCUT2D eigenvalue weighted by atomic mass is 14.9. The smallest absolute Gasteiger partial charge is 0.0342 e. The van der Waals surface area contributed by atoms with E-state index in [4.69, 9.17) is 0 Å². The lowest BCUT2D eigenvalue weighted by Crippen LogP contribution is -2.04. The van der Waals surface area contributed by atoms with Crippen LogP contribution in [0.1, 0.15) is 31.4 Å². The van der Waals surface area contributed by atoms with Crippen LogP contribution in [0.2, 0.25) is 0 Å². The highest BCUT2D eigenvalue weighted by molar-refractivity contribution is 5.47. The number of nitrogens with one attached hydrogen (secondary N) is 1. The highest BCUT2D eigenvalue weighted by Crippen LogP contribution is 2.14. The molecular formula is C13H21N. The van der Waals surface area contributed by atoms with Gasteiger partial charge in [-0.25, -0.2) is 0 Å². The van der Waals surface area contributed by atoms with Gasteiger partial charge in [-0.1, -0.05) is 19.9 Å². The number of aryl methyl sites for hydroxylation is 2. The molecule has 0 amide bonds. The van der Waals surface area contributed by atoms with Gasteiger partial charge >= 0.3 is 0 Å². The molecule has 1 aromatic carbocycles. The Bertz CT molecular complexity index is 289. The molecule has 0 saturated heterocycles. The van der Waals surface area contributed by atoms with Crippen LogP contribution in [-0.2, 0) is 0 Å². The van der Waals surface area contributed by atoms with Gasteiger partial charge in [0.25, 0.3) is 0 Å². The molecule has 0 spiro atoms. The molecule has 0 unspecified atom stereocenters. The third-order valence-corrected chi connectivity index (χ3v) is 2.56. The molecule has 0 aromatic heterocycles. The standard InChI is InChI=1S/C13H21N/c1-10(2)7-8-14-13-6-5-11(3)12(4)9-13/h5-6,9-10,14H,7-8H2,1-4H3. The molecule has 78 valence electrons. The first-order chi connectivity index (χ1) is 6.59. The molecule has 0 heterocycles. The van der Waals surface area contributed by atoms with E-state index in [1.54, 1.807) is 0 Å². The largest absolute Gasteiger partial charge is 0.385 e. The molecule has 1 nitrogen and oxygen atoms in total. The first-order valence-corrected chi connectivity index (χ1v) is 5.40. The second-order valence-electron chi connectivity index (χ2n) is 4.41. The van der Waals surface area contributed by atoms with Crippen molar-refractivity contribution < 1.29 is 0 Å². The average Bonchev–Trinajstić information content (AvgIpc) is 2.10. The summed E-state index contributed by atoms with van der Waals surface area (Å²) in [5, 5.41) is 3.44. The fourth-order valence-corrected chi connectivity index (χ4v) is 1.36. The van der Waals surface area contributed by atoms with Crippen molar-refractivity contribution in [1.82, 2.24) is 0 Å². The molecule has 1 heteroatoms. The summed E-state index contributed by atoms with van der Waals surface area (Å²) in [5.74, 6) is 0.772. The summed E-state index contributed by atoms with van der Waals surface area (Å²) in [4.78, 5) is 0. The summed E-state index contributed by atoms with van der Waals surface area (Å²) in [6.45, 7) is 9.88. The first kappa shape index (κ1) is 11.1. The summed E-state index contributed by atoms with van der Waals surface area (Å²) in [7, 11) is 0. The molecule has 0 aliphatic carbocycles. The van der Waals surface area contributed by atoms with Gasteiger partial charge in [0.2, 0.25) is 0 Å². The van der Waals surface area contributed by atoms with E-state index in [1.807, 2.05) is 0 Å². The van der Waals surface area contributed by atoms with Crippen molar-refractivity contribution in [1.29, 1.82) is 0 Å². The molecule has 0 aliphatic rings. The summed E-state index contributed by atoms with van der Waals surface area (Å²) in [6.07, 6.45) is 1.23. The molecule has 0 aliphatic heterocycles. The number of benzene rings is 1. The van der Waals surface area contributed by atoms with Crippen molar-refractivity contribution in [3.63, 3.8) is 0 Å². The van der Waals surface area contributed by atoms with Gasteiger partial charge in [-0.15, -0.1) is 0 Å². The van der Waals surface area contributed by atoms with Gasteiger partial charge in [0.05, 0.1) is 0 Å². The zero-order valence-electron chi connectivity index (χ0n) is 9.72. The predicted octanol–water partition coefficient (Wildman–Crippen LogP) is 3.76. The average molecular weight is 191 g/mol. The first-order valence-electron chi connectivity index (χ1n) is 5.40. The van der Waals surface area contributed by atoms with Crippen LogP contribution in [0.5, 0.6) is 0 Å². The Hall–Kier alpha value is -0.980. The Labute approximate surface area is 87.5 Å². The maximum atomic E-state index is 3.44. The molecule has 1 rings (SSSR count). The van der Waals surface area contributed by atoms with Gasteiger partial charge in [-0.2, -0.15) is 0 Å². The van der Waals surface area contributed by atoms with Gasteiger partial charge in [-0.05, 0) is 49.4 Å². The van der Waals surface area contributed by atoms with Crippen LogP contribution >= 0.6 is 0 Å². The molecular weight excluding hydrogens is 170 g/mol. The van der Waals surface area contributed by atoms with Crippen LogP contribution in [0.4, 0.5) is 5.69 Å². The Balaban J connectivity index is 2.47. The van der Waals surface area contributed by atoms with Crippen LogP contribution < -0.4 is 5.32 Å². The molecule has 0 radical (unpaired) electrons. The minimum absolute atomic E-state index is 0.772. The fourth-order valence-electron chi connectivity index (χ4n) is 1.36. The second kappa shape index (κ2) is 5.04. The van der Waals surface area contributed by atoms with E-state index >= 15 is 0 Å². The van der Waals surface area contributed by atoms with E-state index in [0.717, 1.165) is 12.5 Å². The quantitative estimate of drug-likeness (QED) is 0.764. The van der Waals surface area contributed by atoms with E-state index in [9.17, 15) is 0 Å². The maximum absolute atomic E-state index is 3.44. The lowest BCUT2D eigenvalue weighted by Gasteiger charge is -2.09. The molecule has 1 N–H and O–H groups in total. The fraction of sp³-hybridized carbons (Fsp3) is 0.538. The van der Waals surface area contributed by atoms with E-state index in [2.05, 4.69) is 51.2 Å². The molecule has 1 aromatic rings. The normalized spacial score (nSPS) is 10.6. The Morgan fingerprint density at radius 2 is 1.86 bits per heavy atom. The van der Waals surface area contributed by atoms with Gasteiger partial charge in [-0.3, -0.25) is 0 Å². The van der Waals surface area contributed by atoms with E-state index in [1.165, 1.54) is 23.2 Å². The Morgan fingerprint density at radius 1 is 1.14 bits per heavy atom. The summed E-state index contributed by atoms with van der Waals surface area (Å²) >= 11 is 0. The number of rotatable bonds is 4. The summed E-state index contributed by atoms with van der Waals surface area (Å²) < 4.78 is 0. The van der Waals surface area contributed by atoms with E-state index in [0.29, 0.717) is 0 Å². The maximum Gasteiger partial charge on any atom is 0.0342 e.